The Hall–Kier alpha value is -3.19. The largest absolute Gasteiger partial charge is 0.340 e. The molecule has 0 saturated carbocycles. The summed E-state index contributed by atoms with van der Waals surface area (Å²) in [6.45, 7) is 10.0. The van der Waals surface area contributed by atoms with Gasteiger partial charge in [0.15, 0.2) is 0 Å². The van der Waals surface area contributed by atoms with E-state index in [0.29, 0.717) is 12.2 Å². The lowest BCUT2D eigenvalue weighted by Gasteiger charge is -2.17. The highest BCUT2D eigenvalue weighted by molar-refractivity contribution is 5.96. The summed E-state index contributed by atoms with van der Waals surface area (Å²) < 4.78 is 0. The number of aromatic nitrogens is 2. The Bertz CT molecular complexity index is 986. The second kappa shape index (κ2) is 10.5. The number of amides is 2. The summed E-state index contributed by atoms with van der Waals surface area (Å²) in [5.41, 5.74) is 3.61. The highest BCUT2D eigenvalue weighted by Crippen LogP contribution is 2.25. The van der Waals surface area contributed by atoms with Gasteiger partial charge in [0.1, 0.15) is 12.1 Å². The molecule has 0 aliphatic rings. The van der Waals surface area contributed by atoms with E-state index in [1.54, 1.807) is 0 Å². The molecule has 0 bridgehead atoms. The molecule has 0 aliphatic carbocycles. The van der Waals surface area contributed by atoms with E-state index in [-0.39, 0.29) is 6.03 Å². The van der Waals surface area contributed by atoms with Crippen molar-refractivity contribution >= 4 is 34.1 Å². The molecular formula is C23H30N6O. The number of nitrogens with one attached hydrogen (secondary N) is 3. The third kappa shape index (κ3) is 5.90. The lowest BCUT2D eigenvalue weighted by molar-refractivity contribution is 0.250. The zero-order valence-electron chi connectivity index (χ0n) is 17.9. The van der Waals surface area contributed by atoms with Crippen LogP contribution in [0.2, 0.25) is 0 Å². The quantitative estimate of drug-likeness (QED) is 0.455. The summed E-state index contributed by atoms with van der Waals surface area (Å²) >= 11 is 0. The van der Waals surface area contributed by atoms with Crippen molar-refractivity contribution in [1.29, 1.82) is 0 Å². The maximum absolute atomic E-state index is 12.2. The van der Waals surface area contributed by atoms with E-state index in [9.17, 15) is 4.79 Å². The van der Waals surface area contributed by atoms with Crippen LogP contribution in [0.3, 0.4) is 0 Å². The first-order valence-corrected chi connectivity index (χ1v) is 10.4. The molecule has 3 N–H and O–H groups in total. The molecule has 30 heavy (non-hydrogen) atoms. The topological polar surface area (TPSA) is 82.2 Å². The number of urea groups is 1. The van der Waals surface area contributed by atoms with Gasteiger partial charge in [-0.2, -0.15) is 0 Å². The Morgan fingerprint density at radius 2 is 1.87 bits per heavy atom. The number of hydrogen-bond donors (Lipinski definition) is 3. The summed E-state index contributed by atoms with van der Waals surface area (Å²) in [6.07, 6.45) is 2.45. The minimum Gasteiger partial charge on any atom is -0.340 e. The molecule has 3 aromatic rings. The van der Waals surface area contributed by atoms with Gasteiger partial charge in [0.05, 0.1) is 5.52 Å². The minimum atomic E-state index is -0.207. The van der Waals surface area contributed by atoms with E-state index >= 15 is 0 Å². The Morgan fingerprint density at radius 1 is 1.03 bits per heavy atom. The molecule has 0 unspecified atom stereocenters. The number of hydrogen-bond acceptors (Lipinski definition) is 5. The summed E-state index contributed by atoms with van der Waals surface area (Å²) in [4.78, 5) is 23.3. The zero-order valence-corrected chi connectivity index (χ0v) is 17.9. The Labute approximate surface area is 177 Å². The summed E-state index contributed by atoms with van der Waals surface area (Å²) in [5.74, 6) is 0.734. The standard InChI is InChI=1S/C23H30N6O/c1-4-29(5-2)13-7-12-24-23(30)28-19-10-11-20-21(15-19)25-16-26-22(20)27-18-9-6-8-17(3)14-18/h6,8-11,14-16H,4-5,7,12-13H2,1-3H3,(H2,24,28,30)(H,25,26,27). The third-order valence-electron chi connectivity index (χ3n) is 5.01. The van der Waals surface area contributed by atoms with Crippen molar-refractivity contribution in [2.24, 2.45) is 0 Å². The molecule has 1 aromatic heterocycles. The van der Waals surface area contributed by atoms with Crippen LogP contribution in [0.4, 0.5) is 22.0 Å². The molecule has 2 amide bonds. The average molecular weight is 407 g/mol. The highest BCUT2D eigenvalue weighted by Gasteiger charge is 2.08. The Morgan fingerprint density at radius 3 is 2.63 bits per heavy atom. The van der Waals surface area contributed by atoms with Gasteiger partial charge in [-0.3, -0.25) is 0 Å². The summed E-state index contributed by atoms with van der Waals surface area (Å²) in [7, 11) is 0. The molecule has 0 atom stereocenters. The van der Waals surface area contributed by atoms with Crippen LogP contribution in [0, 0.1) is 6.92 Å². The fourth-order valence-electron chi connectivity index (χ4n) is 3.31. The van der Waals surface area contributed by atoms with Crippen LogP contribution < -0.4 is 16.0 Å². The number of nitrogens with zero attached hydrogens (tertiary/aromatic N) is 3. The van der Waals surface area contributed by atoms with Crippen molar-refractivity contribution in [3.63, 3.8) is 0 Å². The highest BCUT2D eigenvalue weighted by atomic mass is 16.2. The van der Waals surface area contributed by atoms with Crippen molar-refractivity contribution in [3.05, 3.63) is 54.4 Å². The lowest BCUT2D eigenvalue weighted by Crippen LogP contribution is -2.32. The SMILES string of the molecule is CCN(CC)CCCNC(=O)Nc1ccc2c(Nc3cccc(C)c3)ncnc2c1. The number of rotatable bonds is 9. The van der Waals surface area contributed by atoms with E-state index in [0.717, 1.165) is 48.5 Å². The number of carbonyl (C=O) groups is 1. The zero-order chi connectivity index (χ0) is 21.3. The van der Waals surface area contributed by atoms with Crippen LogP contribution in [-0.4, -0.2) is 47.1 Å². The van der Waals surface area contributed by atoms with Gasteiger partial charge in [-0.1, -0.05) is 26.0 Å². The van der Waals surface area contributed by atoms with Gasteiger partial charge in [-0.05, 0) is 68.9 Å². The molecule has 0 radical (unpaired) electrons. The molecule has 7 nitrogen and oxygen atoms in total. The van der Waals surface area contributed by atoms with E-state index < -0.39 is 0 Å². The number of anilines is 3. The summed E-state index contributed by atoms with van der Waals surface area (Å²) in [5, 5.41) is 10.0. The van der Waals surface area contributed by atoms with Gasteiger partial charge in [-0.25, -0.2) is 14.8 Å². The van der Waals surface area contributed by atoms with Gasteiger partial charge in [-0.15, -0.1) is 0 Å². The fraction of sp³-hybridized carbons (Fsp3) is 0.348. The number of benzene rings is 2. The molecule has 2 aromatic carbocycles. The van der Waals surface area contributed by atoms with Gasteiger partial charge >= 0.3 is 6.03 Å². The predicted molar refractivity (Wildman–Crippen MR) is 123 cm³/mol. The normalized spacial score (nSPS) is 10.9. The molecule has 1 heterocycles. The van der Waals surface area contributed by atoms with Crippen LogP contribution in [0.25, 0.3) is 10.9 Å². The predicted octanol–water partition coefficient (Wildman–Crippen LogP) is 4.54. The monoisotopic (exact) mass is 406 g/mol. The molecule has 7 heteroatoms. The Balaban J connectivity index is 1.61. The third-order valence-corrected chi connectivity index (χ3v) is 5.01. The van der Waals surface area contributed by atoms with Crippen LogP contribution in [-0.2, 0) is 0 Å². The second-order valence-electron chi connectivity index (χ2n) is 7.21. The maximum Gasteiger partial charge on any atom is 0.319 e. The van der Waals surface area contributed by atoms with Crippen molar-refractivity contribution in [2.75, 3.05) is 36.8 Å². The minimum absolute atomic E-state index is 0.207. The fourth-order valence-corrected chi connectivity index (χ4v) is 3.31. The molecule has 0 aliphatic heterocycles. The molecular weight excluding hydrogens is 376 g/mol. The first kappa shape index (κ1) is 21.5. The van der Waals surface area contributed by atoms with Crippen molar-refractivity contribution in [2.45, 2.75) is 27.2 Å². The molecule has 0 spiro atoms. The van der Waals surface area contributed by atoms with Crippen molar-refractivity contribution < 1.29 is 4.79 Å². The van der Waals surface area contributed by atoms with E-state index in [1.807, 2.05) is 30.3 Å². The van der Waals surface area contributed by atoms with Gasteiger partial charge in [0, 0.05) is 23.3 Å². The number of aryl methyl sites for hydroxylation is 1. The van der Waals surface area contributed by atoms with Crippen LogP contribution in [0.1, 0.15) is 25.8 Å². The van der Waals surface area contributed by atoms with Gasteiger partial charge in [0.25, 0.3) is 0 Å². The lowest BCUT2D eigenvalue weighted by atomic mass is 10.2. The van der Waals surface area contributed by atoms with Crippen molar-refractivity contribution in [1.82, 2.24) is 20.2 Å². The maximum atomic E-state index is 12.2. The number of fused-ring (bicyclic) bond motifs is 1. The molecule has 0 fully saturated rings. The van der Waals surface area contributed by atoms with Crippen LogP contribution >= 0.6 is 0 Å². The number of carbonyl (C=O) groups excluding carboxylic acids is 1. The van der Waals surface area contributed by atoms with Gasteiger partial charge < -0.3 is 20.9 Å². The molecule has 0 saturated heterocycles. The molecule has 3 rings (SSSR count). The van der Waals surface area contributed by atoms with Crippen molar-refractivity contribution in [3.8, 4) is 0 Å². The van der Waals surface area contributed by atoms with Crippen LogP contribution in [0.5, 0.6) is 0 Å². The first-order valence-electron chi connectivity index (χ1n) is 10.4. The average Bonchev–Trinajstić information content (AvgIpc) is 2.74. The second-order valence-corrected chi connectivity index (χ2v) is 7.21. The van der Waals surface area contributed by atoms with E-state index in [2.05, 4.69) is 63.7 Å². The smallest absolute Gasteiger partial charge is 0.319 e. The first-order chi connectivity index (χ1) is 14.6. The van der Waals surface area contributed by atoms with Crippen LogP contribution in [0.15, 0.2) is 48.8 Å². The van der Waals surface area contributed by atoms with Gasteiger partial charge in [0.2, 0.25) is 0 Å². The molecule has 158 valence electrons. The summed E-state index contributed by atoms with van der Waals surface area (Å²) in [6, 6.07) is 13.6. The van der Waals surface area contributed by atoms with E-state index in [4.69, 9.17) is 0 Å². The van der Waals surface area contributed by atoms with E-state index in [1.165, 1.54) is 11.9 Å². The Kier molecular flexibility index (Phi) is 7.57.